The van der Waals surface area contributed by atoms with Crippen molar-refractivity contribution in [2.24, 2.45) is 0 Å². The molecule has 0 aromatic heterocycles. The summed E-state index contributed by atoms with van der Waals surface area (Å²) in [7, 11) is 0. The molecule has 0 saturated carbocycles. The fourth-order valence-electron chi connectivity index (χ4n) is 1.54. The second-order valence-corrected chi connectivity index (χ2v) is 3.58. The molecule has 1 aromatic carbocycles. The van der Waals surface area contributed by atoms with Gasteiger partial charge in [-0.25, -0.2) is 4.79 Å². The van der Waals surface area contributed by atoms with Gasteiger partial charge in [0.2, 0.25) is 0 Å². The Morgan fingerprint density at radius 2 is 2.00 bits per heavy atom. The molecule has 1 aromatic rings. The molecule has 5 nitrogen and oxygen atoms in total. The van der Waals surface area contributed by atoms with Crippen molar-refractivity contribution in [2.75, 3.05) is 18.0 Å². The molecule has 17 heavy (non-hydrogen) atoms. The highest BCUT2D eigenvalue weighted by Crippen LogP contribution is 2.16. The van der Waals surface area contributed by atoms with Gasteiger partial charge >= 0.3 is 11.9 Å². The maximum Gasteiger partial charge on any atom is 0.335 e. The average molecular weight is 237 g/mol. The van der Waals surface area contributed by atoms with Gasteiger partial charge in [0.1, 0.15) is 0 Å². The molecule has 0 atom stereocenters. The molecule has 0 aliphatic rings. The lowest BCUT2D eigenvalue weighted by atomic mass is 10.2. The Bertz CT molecular complexity index is 417. The van der Waals surface area contributed by atoms with E-state index in [1.807, 2.05) is 11.8 Å². The zero-order valence-corrected chi connectivity index (χ0v) is 9.59. The average Bonchev–Trinajstić information content (AvgIpc) is 2.30. The number of hydrogen-bond acceptors (Lipinski definition) is 3. The second-order valence-electron chi connectivity index (χ2n) is 3.58. The molecule has 0 amide bonds. The maximum absolute atomic E-state index is 10.8. The van der Waals surface area contributed by atoms with Gasteiger partial charge in [-0.15, -0.1) is 0 Å². The molecule has 0 saturated heterocycles. The van der Waals surface area contributed by atoms with Gasteiger partial charge < -0.3 is 15.1 Å². The molecular weight excluding hydrogens is 222 g/mol. The monoisotopic (exact) mass is 237 g/mol. The third kappa shape index (κ3) is 3.79. The first kappa shape index (κ1) is 13.0. The van der Waals surface area contributed by atoms with E-state index in [-0.39, 0.29) is 12.0 Å². The van der Waals surface area contributed by atoms with Gasteiger partial charge in [-0.3, -0.25) is 4.79 Å². The Labute approximate surface area is 99.3 Å². The van der Waals surface area contributed by atoms with Crippen molar-refractivity contribution in [1.82, 2.24) is 0 Å². The summed E-state index contributed by atoms with van der Waals surface area (Å²) in [6, 6.07) is 6.49. The van der Waals surface area contributed by atoms with Gasteiger partial charge in [-0.2, -0.15) is 0 Å². The minimum atomic E-state index is -0.985. The summed E-state index contributed by atoms with van der Waals surface area (Å²) >= 11 is 0. The molecule has 0 spiro atoms. The summed E-state index contributed by atoms with van der Waals surface area (Å²) in [6.45, 7) is 2.90. The van der Waals surface area contributed by atoms with Crippen LogP contribution in [0.4, 0.5) is 5.69 Å². The molecule has 0 radical (unpaired) electrons. The number of benzene rings is 1. The van der Waals surface area contributed by atoms with E-state index in [1.54, 1.807) is 18.2 Å². The standard InChI is InChI=1S/C12H15NO4/c1-2-13(7-6-11(14)15)10-5-3-4-9(8-10)12(16)17/h3-5,8H,2,6-7H2,1H3,(H,14,15)(H,16,17). The summed E-state index contributed by atoms with van der Waals surface area (Å²) in [5.41, 5.74) is 0.935. The van der Waals surface area contributed by atoms with Crippen LogP contribution in [0.3, 0.4) is 0 Å². The van der Waals surface area contributed by atoms with Crippen LogP contribution in [0.15, 0.2) is 24.3 Å². The summed E-state index contributed by atoms with van der Waals surface area (Å²) in [6.07, 6.45) is 0.0329. The number of hydrogen-bond donors (Lipinski definition) is 2. The van der Waals surface area contributed by atoms with Crippen LogP contribution >= 0.6 is 0 Å². The van der Waals surface area contributed by atoms with E-state index in [0.717, 1.165) is 5.69 Å². The third-order valence-electron chi connectivity index (χ3n) is 2.44. The van der Waals surface area contributed by atoms with Gasteiger partial charge in [0.15, 0.2) is 0 Å². The van der Waals surface area contributed by atoms with E-state index in [4.69, 9.17) is 10.2 Å². The Kier molecular flexibility index (Phi) is 4.51. The highest BCUT2D eigenvalue weighted by atomic mass is 16.4. The van der Waals surface area contributed by atoms with Crippen LogP contribution in [-0.4, -0.2) is 35.2 Å². The van der Waals surface area contributed by atoms with Crippen molar-refractivity contribution in [3.63, 3.8) is 0 Å². The summed E-state index contributed by atoms with van der Waals surface area (Å²) in [4.78, 5) is 23.2. The molecule has 0 fully saturated rings. The van der Waals surface area contributed by atoms with E-state index >= 15 is 0 Å². The SMILES string of the molecule is CCN(CCC(=O)O)c1cccc(C(=O)O)c1. The molecule has 92 valence electrons. The molecular formula is C12H15NO4. The molecule has 0 heterocycles. The Morgan fingerprint density at radius 1 is 1.29 bits per heavy atom. The summed E-state index contributed by atoms with van der Waals surface area (Å²) < 4.78 is 0. The predicted molar refractivity (Wildman–Crippen MR) is 63.5 cm³/mol. The molecule has 2 N–H and O–H groups in total. The minimum Gasteiger partial charge on any atom is -0.481 e. The van der Waals surface area contributed by atoms with Crippen molar-refractivity contribution in [1.29, 1.82) is 0 Å². The first-order chi connectivity index (χ1) is 8.04. The first-order valence-corrected chi connectivity index (χ1v) is 5.34. The van der Waals surface area contributed by atoms with Crippen molar-refractivity contribution < 1.29 is 19.8 Å². The predicted octanol–water partition coefficient (Wildman–Crippen LogP) is 1.69. The zero-order chi connectivity index (χ0) is 12.8. The number of aliphatic carboxylic acids is 1. The number of carbonyl (C=O) groups is 2. The van der Waals surface area contributed by atoms with Crippen LogP contribution in [-0.2, 0) is 4.79 Å². The highest BCUT2D eigenvalue weighted by molar-refractivity contribution is 5.88. The van der Waals surface area contributed by atoms with E-state index in [0.29, 0.717) is 13.1 Å². The molecule has 0 bridgehead atoms. The smallest absolute Gasteiger partial charge is 0.335 e. The zero-order valence-electron chi connectivity index (χ0n) is 9.59. The molecule has 0 aliphatic carbocycles. The number of nitrogens with zero attached hydrogens (tertiary/aromatic N) is 1. The van der Waals surface area contributed by atoms with Gasteiger partial charge in [0.25, 0.3) is 0 Å². The first-order valence-electron chi connectivity index (χ1n) is 5.34. The second kappa shape index (κ2) is 5.89. The fourth-order valence-corrected chi connectivity index (χ4v) is 1.54. The van der Waals surface area contributed by atoms with Gasteiger partial charge in [-0.05, 0) is 25.1 Å². The molecule has 0 aliphatic heterocycles. The number of carboxylic acids is 2. The molecule has 1 rings (SSSR count). The normalized spacial score (nSPS) is 9.94. The Morgan fingerprint density at radius 3 is 2.53 bits per heavy atom. The molecule has 5 heteroatoms. The van der Waals surface area contributed by atoms with E-state index < -0.39 is 11.9 Å². The van der Waals surface area contributed by atoms with Crippen LogP contribution < -0.4 is 4.90 Å². The van der Waals surface area contributed by atoms with Crippen molar-refractivity contribution in [3.05, 3.63) is 29.8 Å². The van der Waals surface area contributed by atoms with Gasteiger partial charge in [-0.1, -0.05) is 6.07 Å². The maximum atomic E-state index is 10.8. The van der Waals surface area contributed by atoms with Crippen LogP contribution in [0.2, 0.25) is 0 Å². The van der Waals surface area contributed by atoms with Crippen molar-refractivity contribution in [2.45, 2.75) is 13.3 Å². The van der Waals surface area contributed by atoms with Crippen molar-refractivity contribution >= 4 is 17.6 Å². The van der Waals surface area contributed by atoms with Crippen LogP contribution in [0.25, 0.3) is 0 Å². The van der Waals surface area contributed by atoms with Gasteiger partial charge in [0, 0.05) is 18.8 Å². The fraction of sp³-hybridized carbons (Fsp3) is 0.333. The minimum absolute atomic E-state index is 0.0329. The quantitative estimate of drug-likeness (QED) is 0.787. The van der Waals surface area contributed by atoms with E-state index in [9.17, 15) is 9.59 Å². The largest absolute Gasteiger partial charge is 0.481 e. The Hall–Kier alpha value is -2.04. The lowest BCUT2D eigenvalue weighted by Crippen LogP contribution is -2.25. The lowest BCUT2D eigenvalue weighted by Gasteiger charge is -2.22. The highest BCUT2D eigenvalue weighted by Gasteiger charge is 2.09. The third-order valence-corrected chi connectivity index (χ3v) is 2.44. The number of rotatable bonds is 6. The van der Waals surface area contributed by atoms with Crippen LogP contribution in [0, 0.1) is 0 Å². The van der Waals surface area contributed by atoms with Gasteiger partial charge in [0.05, 0.1) is 12.0 Å². The molecule has 0 unspecified atom stereocenters. The Balaban J connectivity index is 2.84. The summed E-state index contributed by atoms with van der Waals surface area (Å²) in [5.74, 6) is -1.85. The van der Waals surface area contributed by atoms with Crippen LogP contribution in [0.1, 0.15) is 23.7 Å². The number of aromatic carboxylic acids is 1. The summed E-state index contributed by atoms with van der Waals surface area (Å²) in [5, 5.41) is 17.5. The van der Waals surface area contributed by atoms with Crippen LogP contribution in [0.5, 0.6) is 0 Å². The number of carboxylic acid groups (broad SMARTS) is 2. The number of anilines is 1. The van der Waals surface area contributed by atoms with Crippen molar-refractivity contribution in [3.8, 4) is 0 Å². The van der Waals surface area contributed by atoms with E-state index in [2.05, 4.69) is 0 Å². The van der Waals surface area contributed by atoms with E-state index in [1.165, 1.54) is 6.07 Å². The topological polar surface area (TPSA) is 77.8 Å². The lowest BCUT2D eigenvalue weighted by molar-refractivity contribution is -0.136.